The first-order chi connectivity index (χ1) is 12.7. The van der Waals surface area contributed by atoms with Gasteiger partial charge < -0.3 is 9.73 Å². The van der Waals surface area contributed by atoms with Gasteiger partial charge in [0.2, 0.25) is 5.91 Å². The lowest BCUT2D eigenvalue weighted by molar-refractivity contribution is -0.119. The molecule has 0 saturated heterocycles. The number of para-hydroxylation sites is 2. The zero-order chi connectivity index (χ0) is 17.6. The summed E-state index contributed by atoms with van der Waals surface area (Å²) in [5.41, 5.74) is 2.16. The van der Waals surface area contributed by atoms with Gasteiger partial charge in [0.25, 0.3) is 5.22 Å². The van der Waals surface area contributed by atoms with E-state index in [1.54, 1.807) is 0 Å². The highest BCUT2D eigenvalue weighted by molar-refractivity contribution is 7.99. The SMILES string of the molecule is O=C(CSc1nc2ccccc2o1)NCCC12CC3CC(CC(C3)C1)C2. The van der Waals surface area contributed by atoms with Gasteiger partial charge in [-0.05, 0) is 80.2 Å². The largest absolute Gasteiger partial charge is 0.431 e. The van der Waals surface area contributed by atoms with E-state index >= 15 is 0 Å². The molecule has 6 rings (SSSR count). The minimum atomic E-state index is 0.0852. The van der Waals surface area contributed by atoms with Crippen molar-refractivity contribution in [2.24, 2.45) is 23.2 Å². The Morgan fingerprint density at radius 1 is 1.15 bits per heavy atom. The average Bonchev–Trinajstić information content (AvgIpc) is 3.01. The molecule has 1 aromatic carbocycles. The minimum Gasteiger partial charge on any atom is -0.431 e. The molecule has 4 aliphatic rings. The summed E-state index contributed by atoms with van der Waals surface area (Å²) in [6.07, 6.45) is 9.83. The van der Waals surface area contributed by atoms with E-state index in [2.05, 4.69) is 10.3 Å². The predicted molar refractivity (Wildman–Crippen MR) is 103 cm³/mol. The zero-order valence-electron chi connectivity index (χ0n) is 15.1. The third kappa shape index (κ3) is 3.26. The smallest absolute Gasteiger partial charge is 0.257 e. The number of nitrogens with zero attached hydrogens (tertiary/aromatic N) is 1. The first-order valence-corrected chi connectivity index (χ1v) is 10.9. The van der Waals surface area contributed by atoms with Crippen LogP contribution in [-0.2, 0) is 4.79 Å². The first-order valence-electron chi connectivity index (χ1n) is 9.93. The lowest BCUT2D eigenvalue weighted by atomic mass is 9.49. The van der Waals surface area contributed by atoms with Crippen LogP contribution in [-0.4, -0.2) is 23.2 Å². The van der Waals surface area contributed by atoms with Crippen LogP contribution < -0.4 is 5.32 Å². The number of aromatic nitrogens is 1. The number of fused-ring (bicyclic) bond motifs is 1. The van der Waals surface area contributed by atoms with Crippen LogP contribution in [0.15, 0.2) is 33.9 Å². The van der Waals surface area contributed by atoms with Crippen molar-refractivity contribution in [2.45, 2.75) is 50.2 Å². The third-order valence-electron chi connectivity index (χ3n) is 6.74. The van der Waals surface area contributed by atoms with Gasteiger partial charge in [0.05, 0.1) is 5.75 Å². The maximum absolute atomic E-state index is 12.2. The summed E-state index contributed by atoms with van der Waals surface area (Å²) in [6, 6.07) is 7.70. The monoisotopic (exact) mass is 370 g/mol. The number of hydrogen-bond donors (Lipinski definition) is 1. The molecular weight excluding hydrogens is 344 g/mol. The van der Waals surface area contributed by atoms with Gasteiger partial charge in [0.1, 0.15) is 5.52 Å². The van der Waals surface area contributed by atoms with Crippen LogP contribution >= 0.6 is 11.8 Å². The quantitative estimate of drug-likeness (QED) is 0.753. The number of thioether (sulfide) groups is 1. The molecule has 26 heavy (non-hydrogen) atoms. The number of amides is 1. The molecule has 4 nitrogen and oxygen atoms in total. The van der Waals surface area contributed by atoms with Crippen molar-refractivity contribution in [1.29, 1.82) is 0 Å². The summed E-state index contributed by atoms with van der Waals surface area (Å²) in [7, 11) is 0. The van der Waals surface area contributed by atoms with Gasteiger partial charge in [-0.2, -0.15) is 0 Å². The molecule has 138 valence electrons. The lowest BCUT2D eigenvalue weighted by Gasteiger charge is -2.57. The van der Waals surface area contributed by atoms with Crippen LogP contribution in [0.3, 0.4) is 0 Å². The highest BCUT2D eigenvalue weighted by atomic mass is 32.2. The number of carbonyl (C=O) groups is 1. The zero-order valence-corrected chi connectivity index (χ0v) is 15.9. The molecule has 0 radical (unpaired) electrons. The van der Waals surface area contributed by atoms with E-state index in [0.29, 0.717) is 16.4 Å². The van der Waals surface area contributed by atoms with Gasteiger partial charge in [0, 0.05) is 6.54 Å². The first kappa shape index (κ1) is 16.7. The topological polar surface area (TPSA) is 55.1 Å². The van der Waals surface area contributed by atoms with E-state index in [9.17, 15) is 4.79 Å². The summed E-state index contributed by atoms with van der Waals surface area (Å²) in [6.45, 7) is 0.819. The molecule has 0 aliphatic heterocycles. The van der Waals surface area contributed by atoms with Crippen LogP contribution in [0.2, 0.25) is 0 Å². The summed E-state index contributed by atoms with van der Waals surface area (Å²) in [4.78, 5) is 16.6. The molecule has 0 spiro atoms. The molecule has 4 aliphatic carbocycles. The number of benzene rings is 1. The molecule has 0 atom stereocenters. The van der Waals surface area contributed by atoms with Crippen LogP contribution in [0.25, 0.3) is 11.1 Å². The second-order valence-electron chi connectivity index (χ2n) is 8.75. The molecule has 1 amide bonds. The van der Waals surface area contributed by atoms with Crippen LogP contribution in [0.1, 0.15) is 44.9 Å². The van der Waals surface area contributed by atoms with E-state index in [0.717, 1.165) is 41.8 Å². The molecule has 4 saturated carbocycles. The fraction of sp³-hybridized carbons (Fsp3) is 0.619. The Kier molecular flexibility index (Phi) is 4.23. The molecule has 4 bridgehead atoms. The van der Waals surface area contributed by atoms with Crippen molar-refractivity contribution in [3.8, 4) is 0 Å². The molecule has 0 unspecified atom stereocenters. The molecule has 1 N–H and O–H groups in total. The van der Waals surface area contributed by atoms with Gasteiger partial charge >= 0.3 is 0 Å². The second-order valence-corrected chi connectivity index (χ2v) is 9.68. The van der Waals surface area contributed by atoms with Crippen molar-refractivity contribution in [1.82, 2.24) is 10.3 Å². The van der Waals surface area contributed by atoms with E-state index in [1.165, 1.54) is 50.3 Å². The summed E-state index contributed by atoms with van der Waals surface area (Å²) in [5, 5.41) is 3.70. The summed E-state index contributed by atoms with van der Waals surface area (Å²) >= 11 is 1.37. The Balaban J connectivity index is 1.10. The second kappa shape index (κ2) is 6.59. The van der Waals surface area contributed by atoms with Crippen LogP contribution in [0.4, 0.5) is 0 Å². The van der Waals surface area contributed by atoms with Crippen molar-refractivity contribution in [3.05, 3.63) is 24.3 Å². The fourth-order valence-electron chi connectivity index (χ4n) is 6.15. The van der Waals surface area contributed by atoms with Crippen molar-refractivity contribution < 1.29 is 9.21 Å². The molecule has 1 heterocycles. The Morgan fingerprint density at radius 3 is 2.54 bits per heavy atom. The number of oxazole rings is 1. The van der Waals surface area contributed by atoms with Crippen molar-refractivity contribution >= 4 is 28.8 Å². The molecule has 2 aromatic rings. The average molecular weight is 371 g/mol. The number of carbonyl (C=O) groups excluding carboxylic acids is 1. The number of rotatable bonds is 6. The Hall–Kier alpha value is -1.49. The summed E-state index contributed by atoms with van der Waals surface area (Å²) < 4.78 is 5.66. The molecule has 5 heteroatoms. The Morgan fingerprint density at radius 2 is 1.85 bits per heavy atom. The third-order valence-corrected chi connectivity index (χ3v) is 7.57. The van der Waals surface area contributed by atoms with E-state index in [1.807, 2.05) is 24.3 Å². The van der Waals surface area contributed by atoms with Gasteiger partial charge in [-0.1, -0.05) is 23.9 Å². The van der Waals surface area contributed by atoms with E-state index in [4.69, 9.17) is 4.42 Å². The van der Waals surface area contributed by atoms with Gasteiger partial charge in [-0.25, -0.2) is 4.98 Å². The Labute approximate surface area is 158 Å². The van der Waals surface area contributed by atoms with Gasteiger partial charge in [-0.15, -0.1) is 0 Å². The lowest BCUT2D eigenvalue weighted by Crippen LogP contribution is -2.47. The van der Waals surface area contributed by atoms with E-state index < -0.39 is 0 Å². The maximum Gasteiger partial charge on any atom is 0.257 e. The number of hydrogen-bond acceptors (Lipinski definition) is 4. The van der Waals surface area contributed by atoms with E-state index in [-0.39, 0.29) is 5.91 Å². The van der Waals surface area contributed by atoms with Crippen LogP contribution in [0.5, 0.6) is 0 Å². The van der Waals surface area contributed by atoms with Crippen molar-refractivity contribution in [3.63, 3.8) is 0 Å². The summed E-state index contributed by atoms with van der Waals surface area (Å²) in [5.74, 6) is 3.39. The fourth-order valence-corrected chi connectivity index (χ4v) is 6.82. The molecule has 1 aromatic heterocycles. The highest BCUT2D eigenvalue weighted by Gasteiger charge is 2.50. The van der Waals surface area contributed by atoms with Gasteiger partial charge in [-0.3, -0.25) is 4.79 Å². The normalized spacial score (nSPS) is 32.2. The number of nitrogens with one attached hydrogen (secondary N) is 1. The molecular formula is C21H26N2O2S. The van der Waals surface area contributed by atoms with Crippen molar-refractivity contribution in [2.75, 3.05) is 12.3 Å². The minimum absolute atomic E-state index is 0.0852. The molecule has 4 fully saturated rings. The predicted octanol–water partition coefficient (Wildman–Crippen LogP) is 4.64. The maximum atomic E-state index is 12.2. The standard InChI is InChI=1S/C21H26N2O2S/c24-19(13-26-20-23-17-3-1-2-4-18(17)25-20)22-6-5-21-10-14-7-15(11-21)9-16(8-14)12-21/h1-4,14-16H,5-13H2,(H,22,24). The van der Waals surface area contributed by atoms with Crippen LogP contribution in [0, 0.1) is 23.2 Å². The highest BCUT2D eigenvalue weighted by Crippen LogP contribution is 2.61. The van der Waals surface area contributed by atoms with Gasteiger partial charge in [0.15, 0.2) is 5.58 Å². The Bertz CT molecular complexity index is 747.